The highest BCUT2D eigenvalue weighted by Gasteiger charge is 2.73. The lowest BCUT2D eigenvalue weighted by Gasteiger charge is -2.72. The average molecular weight is 1390 g/mol. The number of allylic oxidation sites excluding steroid dienone is 3. The van der Waals surface area contributed by atoms with E-state index in [0.717, 1.165) is 11.6 Å². The van der Waals surface area contributed by atoms with Crippen molar-refractivity contribution in [1.82, 2.24) is 0 Å². The van der Waals surface area contributed by atoms with Crippen LogP contribution in [0.4, 0.5) is 0 Å². The molecule has 5 aliphatic heterocycles. The van der Waals surface area contributed by atoms with Crippen LogP contribution in [0, 0.1) is 50.2 Å². The molecule has 9 fully saturated rings. The van der Waals surface area contributed by atoms with Crippen LogP contribution in [0.5, 0.6) is 0 Å². The maximum atomic E-state index is 15.9. The van der Waals surface area contributed by atoms with E-state index in [1.54, 1.807) is 6.92 Å². The molecule has 36 atom stereocenters. The minimum atomic E-state index is -2.08. The highest BCUT2D eigenvalue weighted by atomic mass is 16.8. The lowest BCUT2D eigenvalue weighted by atomic mass is 9.33. The van der Waals surface area contributed by atoms with E-state index >= 15 is 4.79 Å². The fraction of sp³-hybridized carbons (Fsp3) is 0.896. The van der Waals surface area contributed by atoms with Gasteiger partial charge < -0.3 is 133 Å². The number of ether oxygens (including phenoxy) is 12. The molecule has 10 aliphatic rings. The molecule has 554 valence electrons. The third kappa shape index (κ3) is 13.5. The number of hydrogen-bond donors (Lipinski definition) is 15. The molecule has 15 N–H and O–H groups in total. The van der Waals surface area contributed by atoms with E-state index in [9.17, 15) is 86.2 Å². The second-order valence-electron chi connectivity index (χ2n) is 31.1. The van der Waals surface area contributed by atoms with Crippen molar-refractivity contribution >= 4 is 17.9 Å². The molecule has 5 aliphatic carbocycles. The molecule has 0 aromatic heterocycles. The average Bonchev–Trinajstić information content (AvgIpc) is 1.39. The van der Waals surface area contributed by atoms with Crippen molar-refractivity contribution in [2.24, 2.45) is 50.2 Å². The quantitative estimate of drug-likeness (QED) is 0.0229. The summed E-state index contributed by atoms with van der Waals surface area (Å²) in [4.78, 5) is 41.8. The van der Waals surface area contributed by atoms with Gasteiger partial charge in [0.05, 0.1) is 62.9 Å². The van der Waals surface area contributed by atoms with Crippen molar-refractivity contribution in [3.63, 3.8) is 0 Å². The molecule has 0 unspecified atom stereocenters. The van der Waals surface area contributed by atoms with E-state index in [1.165, 1.54) is 33.8 Å². The van der Waals surface area contributed by atoms with Gasteiger partial charge in [-0.1, -0.05) is 59.3 Å². The van der Waals surface area contributed by atoms with Gasteiger partial charge in [-0.2, -0.15) is 0 Å². The standard InChI is InChI=1S/C67H106O30/c1-12-13-39(73)86-27(2)20-40(74)92-52-30(5)89-60(54(49(52)83)95-57-48(82)45(79)51(29(4)88-57)93-59-50(84)53(35(25-69)91-59)94-56-46(80)43(77)41(75)28(3)87-56)97-61(85)67-19-18-62(6,7)21-32(67)31-14-15-37-63(8)22-33(71)55(96-58-47(81)44(78)42(76)34(24-68)90-58)64(9,26-70)36(63)16-17-65(37,10)66(31,11)23-38(67)72/h12-14,27-30,32-38,41-60,68-72,75-84H,15-26H2,1-11H3/b13-12+/t27-,28-,29-,30-,32+,33+,34-,35-,36-,37-,38-,41-,42-,43+,44+,45-,46+,47-,48+,49+,50-,51-,52+,53+,54-,55+,56-,57+,58+,59+,60+,63+,64+,65-,66-,67-/m1/s1. The minimum absolute atomic E-state index is 0.0666. The third-order valence-electron chi connectivity index (χ3n) is 24.5. The molecule has 0 bridgehead atoms. The summed E-state index contributed by atoms with van der Waals surface area (Å²) in [6, 6.07) is 0. The first-order chi connectivity index (χ1) is 45.4. The Morgan fingerprint density at radius 2 is 1.14 bits per heavy atom. The molecular weight excluding hydrogens is 1280 g/mol. The summed E-state index contributed by atoms with van der Waals surface area (Å²) in [6.45, 7) is 17.8. The second kappa shape index (κ2) is 28.9. The summed E-state index contributed by atoms with van der Waals surface area (Å²) in [5, 5.41) is 168. The first-order valence-corrected chi connectivity index (χ1v) is 34.2. The van der Waals surface area contributed by atoms with Crippen LogP contribution in [0.2, 0.25) is 0 Å². The molecule has 5 heterocycles. The Balaban J connectivity index is 0.908. The van der Waals surface area contributed by atoms with Crippen LogP contribution in [-0.2, 0) is 71.2 Å². The molecular formula is C67H106O30. The summed E-state index contributed by atoms with van der Waals surface area (Å²) < 4.78 is 71.7. The van der Waals surface area contributed by atoms with Crippen LogP contribution in [0.3, 0.4) is 0 Å². The number of esters is 3. The molecule has 97 heavy (non-hydrogen) atoms. The topological polar surface area (TPSA) is 465 Å². The predicted molar refractivity (Wildman–Crippen MR) is 328 cm³/mol. The van der Waals surface area contributed by atoms with Crippen molar-refractivity contribution in [3.8, 4) is 0 Å². The number of fused-ring (bicyclic) bond motifs is 7. The first kappa shape index (κ1) is 76.6. The summed E-state index contributed by atoms with van der Waals surface area (Å²) in [6.07, 6.45) is -37.0. The Bertz CT molecular complexity index is 2830. The number of hydrogen-bond acceptors (Lipinski definition) is 30. The number of carbonyl (C=O) groups excluding carboxylic acids is 3. The van der Waals surface area contributed by atoms with Gasteiger partial charge in [-0.15, -0.1) is 0 Å². The smallest absolute Gasteiger partial charge is 0.330 e. The third-order valence-corrected chi connectivity index (χ3v) is 24.5. The lowest BCUT2D eigenvalue weighted by molar-refractivity contribution is -0.368. The molecule has 5 saturated heterocycles. The van der Waals surface area contributed by atoms with Crippen LogP contribution >= 0.6 is 0 Å². The Morgan fingerprint density at radius 3 is 1.78 bits per heavy atom. The van der Waals surface area contributed by atoms with Gasteiger partial charge in [-0.3, -0.25) is 9.59 Å². The zero-order chi connectivity index (χ0) is 71.3. The van der Waals surface area contributed by atoms with Gasteiger partial charge >= 0.3 is 17.9 Å². The van der Waals surface area contributed by atoms with Gasteiger partial charge in [0, 0.05) is 11.5 Å². The molecule has 30 nitrogen and oxygen atoms in total. The molecule has 0 spiro atoms. The Kier molecular flexibility index (Phi) is 22.8. The molecule has 30 heteroatoms. The van der Waals surface area contributed by atoms with E-state index in [4.69, 9.17) is 56.8 Å². The van der Waals surface area contributed by atoms with Crippen LogP contribution < -0.4 is 0 Å². The number of aliphatic hydroxyl groups excluding tert-OH is 15. The first-order valence-electron chi connectivity index (χ1n) is 34.2. The van der Waals surface area contributed by atoms with E-state index in [-0.39, 0.29) is 36.5 Å². The Labute approximate surface area is 563 Å². The van der Waals surface area contributed by atoms with Gasteiger partial charge in [0.25, 0.3) is 0 Å². The van der Waals surface area contributed by atoms with Crippen LogP contribution in [0.15, 0.2) is 23.8 Å². The number of carbonyl (C=O) groups is 3. The van der Waals surface area contributed by atoms with Crippen LogP contribution in [-0.4, -0.2) is 286 Å². The molecule has 0 amide bonds. The van der Waals surface area contributed by atoms with Crippen molar-refractivity contribution in [2.45, 2.75) is 306 Å². The van der Waals surface area contributed by atoms with Crippen molar-refractivity contribution < 1.29 is 148 Å². The number of aliphatic hydroxyl groups is 15. The van der Waals surface area contributed by atoms with Crippen LogP contribution in [0.1, 0.15) is 134 Å². The van der Waals surface area contributed by atoms with Crippen molar-refractivity contribution in [1.29, 1.82) is 0 Å². The summed E-state index contributed by atoms with van der Waals surface area (Å²) in [5.41, 5.74) is -4.39. The normalized spacial score (nSPS) is 51.6. The number of rotatable bonds is 18. The van der Waals surface area contributed by atoms with E-state index < -0.39 is 249 Å². The van der Waals surface area contributed by atoms with Crippen molar-refractivity contribution in [3.05, 3.63) is 23.8 Å². The van der Waals surface area contributed by atoms with Gasteiger partial charge in [-0.05, 0) is 125 Å². The largest absolute Gasteiger partial charge is 0.459 e. The van der Waals surface area contributed by atoms with Gasteiger partial charge in [0.1, 0.15) is 97.0 Å². The van der Waals surface area contributed by atoms with E-state index in [2.05, 4.69) is 40.7 Å². The van der Waals surface area contributed by atoms with Crippen molar-refractivity contribution in [2.75, 3.05) is 19.8 Å². The zero-order valence-electron chi connectivity index (χ0n) is 56.9. The van der Waals surface area contributed by atoms with Gasteiger partial charge in [0.15, 0.2) is 37.4 Å². The molecule has 0 radical (unpaired) electrons. The Morgan fingerprint density at radius 1 is 0.577 bits per heavy atom. The summed E-state index contributed by atoms with van der Waals surface area (Å²) in [5.74, 6) is -3.74. The van der Waals surface area contributed by atoms with E-state index in [0.29, 0.717) is 32.1 Å². The minimum Gasteiger partial charge on any atom is -0.459 e. The molecule has 4 saturated carbocycles. The molecule has 0 aromatic rings. The van der Waals surface area contributed by atoms with E-state index in [1.807, 2.05) is 6.92 Å². The maximum absolute atomic E-state index is 15.9. The summed E-state index contributed by atoms with van der Waals surface area (Å²) in [7, 11) is 0. The highest BCUT2D eigenvalue weighted by molar-refractivity contribution is 5.82. The lowest BCUT2D eigenvalue weighted by Crippen LogP contribution is -2.70. The second-order valence-corrected chi connectivity index (χ2v) is 31.1. The fourth-order valence-corrected chi connectivity index (χ4v) is 18.9. The van der Waals surface area contributed by atoms with Gasteiger partial charge in [0.2, 0.25) is 6.29 Å². The fourth-order valence-electron chi connectivity index (χ4n) is 18.9. The molecule has 0 aromatic carbocycles. The predicted octanol–water partition coefficient (Wildman–Crippen LogP) is -2.13. The zero-order valence-corrected chi connectivity index (χ0v) is 56.9. The SMILES string of the molecule is C/C=C/C(=O)O[C@H](C)CC(=O)O[C@@H]1[C@H](O)[C@@H](O[C@@H]2O[C@H](C)[C@@H](O[C@@H]3O[C@H](CO)[C@H](O[C@H]4O[C@H](C)[C@@H](O)[C@H](O)[C@@H]4O)[C@H]3O)[C@H](O)[C@@H]2O)[C@H](OC(=O)[C@]23CCC(C)(C)C[C@H]2C2=CC[C@@H]4[C@@]5(C)C[C@H](O)[C@H](O[C@@H]6O[C@H](CO)[C@@H](O)[C@H](O)[C@H]6O)[C@@](C)(CO)[C@@H]5CC[C@@]4(C)[C@]2(C)C[C@H]3O)O[C@@H]1C. The molecule has 10 rings (SSSR count). The highest BCUT2D eigenvalue weighted by Crippen LogP contribution is 2.76. The van der Waals surface area contributed by atoms with Gasteiger partial charge in [-0.25, -0.2) is 4.79 Å². The Hall–Kier alpha value is -3.07. The monoisotopic (exact) mass is 1390 g/mol. The summed E-state index contributed by atoms with van der Waals surface area (Å²) >= 11 is 0. The maximum Gasteiger partial charge on any atom is 0.330 e. The van der Waals surface area contributed by atoms with Crippen LogP contribution in [0.25, 0.3) is 0 Å².